The van der Waals surface area contributed by atoms with Gasteiger partial charge in [0.1, 0.15) is 0 Å². The molecule has 1 fully saturated rings. The summed E-state index contributed by atoms with van der Waals surface area (Å²) in [6.07, 6.45) is 4.40. The molecule has 1 aromatic rings. The maximum absolute atomic E-state index is 9.23. The Labute approximate surface area is 131 Å². The Morgan fingerprint density at radius 3 is 2.86 bits per heavy atom. The highest BCUT2D eigenvalue weighted by Crippen LogP contribution is 2.26. The molecule has 0 radical (unpaired) electrons. The molecule has 4 heteroatoms. The van der Waals surface area contributed by atoms with Gasteiger partial charge in [-0.3, -0.25) is 4.90 Å². The fourth-order valence-corrected chi connectivity index (χ4v) is 3.22. The van der Waals surface area contributed by atoms with Gasteiger partial charge in [0.15, 0.2) is 0 Å². The van der Waals surface area contributed by atoms with E-state index in [-0.39, 0.29) is 5.92 Å². The highest BCUT2D eigenvalue weighted by atomic mass is 35.5. The molecule has 0 bridgehead atoms. The molecule has 21 heavy (non-hydrogen) atoms. The van der Waals surface area contributed by atoms with Crippen LogP contribution < -0.4 is 0 Å². The minimum absolute atomic E-state index is 0.0449. The van der Waals surface area contributed by atoms with E-state index in [9.17, 15) is 5.26 Å². The van der Waals surface area contributed by atoms with Crippen LogP contribution in [0.4, 0.5) is 0 Å². The zero-order valence-corrected chi connectivity index (χ0v) is 12.9. The van der Waals surface area contributed by atoms with Gasteiger partial charge in [0.05, 0.1) is 18.1 Å². The van der Waals surface area contributed by atoms with E-state index in [1.54, 1.807) is 0 Å². The monoisotopic (exact) mass is 301 g/mol. The van der Waals surface area contributed by atoms with Gasteiger partial charge >= 0.3 is 0 Å². The van der Waals surface area contributed by atoms with E-state index < -0.39 is 0 Å². The quantitative estimate of drug-likeness (QED) is 0.803. The summed E-state index contributed by atoms with van der Waals surface area (Å²) in [5, 5.41) is 18.7. The molecule has 0 N–H and O–H groups in total. The zero-order chi connectivity index (χ0) is 15.1. The number of nitrogens with zero attached hydrogens (tertiary/aromatic N) is 3. The summed E-state index contributed by atoms with van der Waals surface area (Å²) >= 11 is 6.25. The Hall–Kier alpha value is -1.55. The van der Waals surface area contributed by atoms with Crippen molar-refractivity contribution in [3.8, 4) is 12.1 Å². The SMILES string of the molecule is N#CCCC(C#N)CN1CCCC1Cc1ccccc1Cl. The van der Waals surface area contributed by atoms with Crippen LogP contribution in [0, 0.1) is 28.6 Å². The van der Waals surface area contributed by atoms with Crippen molar-refractivity contribution < 1.29 is 0 Å². The highest BCUT2D eigenvalue weighted by Gasteiger charge is 2.27. The zero-order valence-electron chi connectivity index (χ0n) is 12.1. The molecule has 1 saturated heterocycles. The first-order valence-electron chi connectivity index (χ1n) is 7.48. The Balaban J connectivity index is 1.96. The second-order valence-corrected chi connectivity index (χ2v) is 6.02. The van der Waals surface area contributed by atoms with E-state index >= 15 is 0 Å². The van der Waals surface area contributed by atoms with Gasteiger partial charge in [0.25, 0.3) is 0 Å². The highest BCUT2D eigenvalue weighted by molar-refractivity contribution is 6.31. The van der Waals surface area contributed by atoms with Gasteiger partial charge in [0.2, 0.25) is 0 Å². The van der Waals surface area contributed by atoms with Crippen molar-refractivity contribution in [2.24, 2.45) is 5.92 Å². The average Bonchev–Trinajstić information content (AvgIpc) is 2.93. The second kappa shape index (κ2) is 8.03. The molecule has 0 aliphatic carbocycles. The summed E-state index contributed by atoms with van der Waals surface area (Å²) < 4.78 is 0. The molecule has 2 unspecified atom stereocenters. The van der Waals surface area contributed by atoms with Crippen LogP contribution in [0.1, 0.15) is 31.2 Å². The van der Waals surface area contributed by atoms with Crippen molar-refractivity contribution in [2.75, 3.05) is 13.1 Å². The van der Waals surface area contributed by atoms with E-state index in [2.05, 4.69) is 23.1 Å². The summed E-state index contributed by atoms with van der Waals surface area (Å²) in [5.41, 5.74) is 1.18. The van der Waals surface area contributed by atoms with Crippen molar-refractivity contribution in [3.63, 3.8) is 0 Å². The number of rotatable bonds is 6. The number of hydrogen-bond donors (Lipinski definition) is 0. The number of likely N-dealkylation sites (tertiary alicyclic amines) is 1. The fraction of sp³-hybridized carbons (Fsp3) is 0.529. The third-order valence-corrected chi connectivity index (χ3v) is 4.52. The van der Waals surface area contributed by atoms with E-state index in [4.69, 9.17) is 16.9 Å². The van der Waals surface area contributed by atoms with Crippen molar-refractivity contribution in [2.45, 2.75) is 38.1 Å². The predicted molar refractivity (Wildman–Crippen MR) is 83.7 cm³/mol. The summed E-state index contributed by atoms with van der Waals surface area (Å²) in [7, 11) is 0. The van der Waals surface area contributed by atoms with Gasteiger partial charge in [-0.1, -0.05) is 29.8 Å². The fourth-order valence-electron chi connectivity index (χ4n) is 3.00. The van der Waals surface area contributed by atoms with Crippen LogP contribution >= 0.6 is 11.6 Å². The molecule has 0 spiro atoms. The van der Waals surface area contributed by atoms with Crippen LogP contribution in [0.3, 0.4) is 0 Å². The molecular weight excluding hydrogens is 282 g/mol. The minimum atomic E-state index is -0.0449. The molecule has 110 valence electrons. The lowest BCUT2D eigenvalue weighted by atomic mass is 10.0. The third kappa shape index (κ3) is 4.46. The van der Waals surface area contributed by atoms with E-state index in [0.29, 0.717) is 18.9 Å². The largest absolute Gasteiger partial charge is 0.299 e. The maximum atomic E-state index is 9.23. The smallest absolute Gasteiger partial charge is 0.0669 e. The van der Waals surface area contributed by atoms with Crippen molar-refractivity contribution in [3.05, 3.63) is 34.9 Å². The van der Waals surface area contributed by atoms with E-state index in [0.717, 1.165) is 31.0 Å². The first kappa shape index (κ1) is 15.8. The van der Waals surface area contributed by atoms with Gasteiger partial charge < -0.3 is 0 Å². The van der Waals surface area contributed by atoms with Gasteiger partial charge in [-0.25, -0.2) is 0 Å². The summed E-state index contributed by atoms with van der Waals surface area (Å²) in [6, 6.07) is 12.9. The van der Waals surface area contributed by atoms with Gasteiger partial charge in [0, 0.05) is 24.0 Å². The van der Waals surface area contributed by atoms with E-state index in [1.165, 1.54) is 12.0 Å². The average molecular weight is 302 g/mol. The normalized spacial score (nSPS) is 19.9. The topological polar surface area (TPSA) is 50.8 Å². The summed E-state index contributed by atoms with van der Waals surface area (Å²) in [6.45, 7) is 1.81. The second-order valence-electron chi connectivity index (χ2n) is 5.61. The van der Waals surface area contributed by atoms with Crippen LogP contribution in [0.25, 0.3) is 0 Å². The number of benzene rings is 1. The lowest BCUT2D eigenvalue weighted by Crippen LogP contribution is -2.35. The van der Waals surface area contributed by atoms with Crippen molar-refractivity contribution in [1.82, 2.24) is 4.90 Å². The Bertz CT molecular complexity index is 544. The third-order valence-electron chi connectivity index (χ3n) is 4.15. The maximum Gasteiger partial charge on any atom is 0.0669 e. The number of halogens is 1. The number of hydrogen-bond acceptors (Lipinski definition) is 3. The molecule has 1 aliphatic heterocycles. The first-order valence-corrected chi connectivity index (χ1v) is 7.86. The predicted octanol–water partition coefficient (Wildman–Crippen LogP) is 3.79. The van der Waals surface area contributed by atoms with Gasteiger partial charge in [-0.2, -0.15) is 10.5 Å². The van der Waals surface area contributed by atoms with Crippen LogP contribution in [-0.2, 0) is 6.42 Å². The van der Waals surface area contributed by atoms with Crippen LogP contribution in [-0.4, -0.2) is 24.0 Å². The van der Waals surface area contributed by atoms with E-state index in [1.807, 2.05) is 18.2 Å². The molecule has 0 saturated carbocycles. The summed E-state index contributed by atoms with van der Waals surface area (Å²) in [4.78, 5) is 2.40. The molecule has 3 nitrogen and oxygen atoms in total. The summed E-state index contributed by atoms with van der Waals surface area (Å²) in [5.74, 6) is -0.0449. The van der Waals surface area contributed by atoms with Crippen LogP contribution in [0.2, 0.25) is 5.02 Å². The number of nitriles is 2. The molecule has 2 atom stereocenters. The Morgan fingerprint density at radius 2 is 2.14 bits per heavy atom. The molecule has 1 aliphatic rings. The van der Waals surface area contributed by atoms with Crippen molar-refractivity contribution >= 4 is 11.6 Å². The van der Waals surface area contributed by atoms with Crippen molar-refractivity contribution in [1.29, 1.82) is 10.5 Å². The van der Waals surface area contributed by atoms with Gasteiger partial charge in [-0.05, 0) is 43.9 Å². The molecule has 2 rings (SSSR count). The Kier molecular flexibility index (Phi) is 6.05. The lowest BCUT2D eigenvalue weighted by molar-refractivity contribution is 0.227. The standard InChI is InChI=1S/C17H20ClN3/c18-17-8-2-1-6-15(17)11-16-7-4-10-21(16)13-14(12-20)5-3-9-19/h1-2,6,8,14,16H,3-5,7,10-11,13H2. The molecule has 1 heterocycles. The lowest BCUT2D eigenvalue weighted by Gasteiger charge is -2.26. The molecule has 0 amide bonds. The first-order chi connectivity index (χ1) is 10.2. The Morgan fingerprint density at radius 1 is 1.33 bits per heavy atom. The molecule has 0 aromatic heterocycles. The minimum Gasteiger partial charge on any atom is -0.299 e. The molecule has 1 aromatic carbocycles. The van der Waals surface area contributed by atoms with Crippen LogP contribution in [0.5, 0.6) is 0 Å². The van der Waals surface area contributed by atoms with Crippen LogP contribution in [0.15, 0.2) is 24.3 Å². The molecular formula is C17H20ClN3. The van der Waals surface area contributed by atoms with Gasteiger partial charge in [-0.15, -0.1) is 0 Å².